The monoisotopic (exact) mass is 239 g/mol. The van der Waals surface area contributed by atoms with Crippen molar-refractivity contribution in [2.45, 2.75) is 12.8 Å². The summed E-state index contributed by atoms with van der Waals surface area (Å²) in [6, 6.07) is 4.55. The summed E-state index contributed by atoms with van der Waals surface area (Å²) in [5.74, 6) is 0.0219. The van der Waals surface area contributed by atoms with Gasteiger partial charge in [0.25, 0.3) is 5.69 Å². The number of nitro benzene ring substituents is 1. The fourth-order valence-electron chi connectivity index (χ4n) is 1.39. The number of hydrogen-bond donors (Lipinski definition) is 0. The average Bonchev–Trinajstić information content (AvgIpc) is 2.35. The van der Waals surface area contributed by atoms with Crippen molar-refractivity contribution in [3.8, 4) is 5.75 Å². The van der Waals surface area contributed by atoms with E-state index in [0.29, 0.717) is 11.3 Å². The van der Waals surface area contributed by atoms with Gasteiger partial charge in [0.1, 0.15) is 5.75 Å². The van der Waals surface area contributed by atoms with Crippen LogP contribution in [0.15, 0.2) is 18.2 Å². The fraction of sp³-hybridized carbons (Fsp3) is 0.364. The van der Waals surface area contributed by atoms with E-state index in [-0.39, 0.29) is 18.5 Å². The van der Waals surface area contributed by atoms with Crippen LogP contribution in [-0.2, 0) is 16.0 Å². The number of methoxy groups -OCH3 is 2. The second-order valence-corrected chi connectivity index (χ2v) is 3.33. The van der Waals surface area contributed by atoms with Gasteiger partial charge in [-0.05, 0) is 18.6 Å². The minimum Gasteiger partial charge on any atom is -0.497 e. The van der Waals surface area contributed by atoms with Gasteiger partial charge in [0.05, 0.1) is 25.2 Å². The molecule has 0 amide bonds. The fourth-order valence-corrected chi connectivity index (χ4v) is 1.39. The van der Waals surface area contributed by atoms with Crippen LogP contribution in [0.4, 0.5) is 5.69 Å². The average molecular weight is 239 g/mol. The van der Waals surface area contributed by atoms with Gasteiger partial charge in [-0.1, -0.05) is 0 Å². The number of hydrogen-bond acceptors (Lipinski definition) is 5. The number of carbonyl (C=O) groups excluding carboxylic acids is 1. The second kappa shape index (κ2) is 5.83. The highest BCUT2D eigenvalue weighted by molar-refractivity contribution is 5.69. The van der Waals surface area contributed by atoms with Crippen molar-refractivity contribution in [1.29, 1.82) is 0 Å². The van der Waals surface area contributed by atoms with Crippen LogP contribution >= 0.6 is 0 Å². The maximum atomic E-state index is 11.0. The molecule has 0 fully saturated rings. The predicted molar refractivity (Wildman–Crippen MR) is 60.0 cm³/mol. The molecule has 6 heteroatoms. The molecular weight excluding hydrogens is 226 g/mol. The number of nitro groups is 1. The largest absolute Gasteiger partial charge is 0.497 e. The number of esters is 1. The third-order valence-corrected chi connectivity index (χ3v) is 2.32. The molecule has 0 spiro atoms. The molecule has 0 bridgehead atoms. The van der Waals surface area contributed by atoms with Crippen molar-refractivity contribution < 1.29 is 19.2 Å². The lowest BCUT2D eigenvalue weighted by atomic mass is 10.1. The molecule has 0 N–H and O–H groups in total. The second-order valence-electron chi connectivity index (χ2n) is 3.33. The smallest absolute Gasteiger partial charge is 0.305 e. The highest BCUT2D eigenvalue weighted by atomic mass is 16.6. The molecule has 92 valence electrons. The van der Waals surface area contributed by atoms with Crippen LogP contribution in [0.5, 0.6) is 5.75 Å². The Morgan fingerprint density at radius 2 is 2.12 bits per heavy atom. The number of rotatable bonds is 5. The Morgan fingerprint density at radius 1 is 1.41 bits per heavy atom. The Hall–Kier alpha value is -2.11. The van der Waals surface area contributed by atoms with Crippen molar-refractivity contribution in [1.82, 2.24) is 0 Å². The van der Waals surface area contributed by atoms with Crippen molar-refractivity contribution in [3.05, 3.63) is 33.9 Å². The summed E-state index contributed by atoms with van der Waals surface area (Å²) in [7, 11) is 2.72. The topological polar surface area (TPSA) is 78.7 Å². The van der Waals surface area contributed by atoms with E-state index in [0.717, 1.165) is 0 Å². The SMILES string of the molecule is COC(=O)CCc1ccc(OC)cc1[N+](=O)[O-]. The van der Waals surface area contributed by atoms with Gasteiger partial charge in [0.15, 0.2) is 0 Å². The molecule has 0 saturated carbocycles. The Labute approximate surface area is 98.3 Å². The van der Waals surface area contributed by atoms with Crippen LogP contribution in [0.3, 0.4) is 0 Å². The molecule has 0 unspecified atom stereocenters. The number of benzene rings is 1. The van der Waals surface area contributed by atoms with Crippen LogP contribution in [-0.4, -0.2) is 25.1 Å². The molecule has 0 aliphatic carbocycles. The van der Waals surface area contributed by atoms with Gasteiger partial charge in [-0.3, -0.25) is 14.9 Å². The third-order valence-electron chi connectivity index (χ3n) is 2.32. The molecule has 17 heavy (non-hydrogen) atoms. The predicted octanol–water partition coefficient (Wildman–Crippen LogP) is 1.71. The normalized spacial score (nSPS) is 9.76. The highest BCUT2D eigenvalue weighted by Gasteiger charge is 2.15. The van der Waals surface area contributed by atoms with E-state index < -0.39 is 10.9 Å². The third kappa shape index (κ3) is 3.44. The Bertz CT molecular complexity index is 430. The number of carbonyl (C=O) groups is 1. The standard InChI is InChI=1S/C11H13NO5/c1-16-9-5-3-8(4-6-11(13)17-2)10(7-9)12(14)15/h3,5,7H,4,6H2,1-2H3. The number of nitrogens with zero attached hydrogens (tertiary/aromatic N) is 1. The zero-order valence-corrected chi connectivity index (χ0v) is 9.63. The zero-order chi connectivity index (χ0) is 12.8. The molecule has 0 radical (unpaired) electrons. The molecule has 0 atom stereocenters. The van der Waals surface area contributed by atoms with Gasteiger partial charge < -0.3 is 9.47 Å². The summed E-state index contributed by atoms with van der Waals surface area (Å²) in [5, 5.41) is 10.8. The molecule has 6 nitrogen and oxygen atoms in total. The summed E-state index contributed by atoms with van der Waals surface area (Å²) in [4.78, 5) is 21.3. The van der Waals surface area contributed by atoms with E-state index in [2.05, 4.69) is 4.74 Å². The molecule has 1 aromatic rings. The zero-order valence-electron chi connectivity index (χ0n) is 9.63. The number of aryl methyl sites for hydroxylation is 1. The summed E-state index contributed by atoms with van der Waals surface area (Å²) in [6.07, 6.45) is 0.386. The van der Waals surface area contributed by atoms with Gasteiger partial charge in [0.2, 0.25) is 0 Å². The highest BCUT2D eigenvalue weighted by Crippen LogP contribution is 2.25. The summed E-state index contributed by atoms with van der Waals surface area (Å²) in [6.45, 7) is 0. The Balaban J connectivity index is 2.90. The summed E-state index contributed by atoms with van der Waals surface area (Å²) >= 11 is 0. The first kappa shape index (κ1) is 13.0. The van der Waals surface area contributed by atoms with E-state index in [4.69, 9.17) is 4.74 Å². The first-order valence-corrected chi connectivity index (χ1v) is 4.96. The lowest BCUT2D eigenvalue weighted by Gasteiger charge is -2.04. The van der Waals surface area contributed by atoms with E-state index >= 15 is 0 Å². The Morgan fingerprint density at radius 3 is 2.65 bits per heavy atom. The molecule has 0 saturated heterocycles. The minimum atomic E-state index is -0.491. The number of ether oxygens (including phenoxy) is 2. The van der Waals surface area contributed by atoms with Crippen LogP contribution in [0, 0.1) is 10.1 Å². The molecule has 0 aliphatic rings. The van der Waals surface area contributed by atoms with E-state index in [9.17, 15) is 14.9 Å². The van der Waals surface area contributed by atoms with Gasteiger partial charge in [0, 0.05) is 12.0 Å². The molecular formula is C11H13NO5. The summed E-state index contributed by atoms with van der Waals surface area (Å²) < 4.78 is 9.39. The van der Waals surface area contributed by atoms with E-state index in [1.165, 1.54) is 20.3 Å². The molecule has 0 aliphatic heterocycles. The minimum absolute atomic E-state index is 0.0479. The van der Waals surface area contributed by atoms with E-state index in [1.54, 1.807) is 12.1 Å². The van der Waals surface area contributed by atoms with Crippen molar-refractivity contribution in [3.63, 3.8) is 0 Å². The van der Waals surface area contributed by atoms with Crippen LogP contribution in [0.2, 0.25) is 0 Å². The lowest BCUT2D eigenvalue weighted by molar-refractivity contribution is -0.385. The quantitative estimate of drug-likeness (QED) is 0.444. The summed E-state index contributed by atoms with van der Waals surface area (Å²) in [5.41, 5.74) is 0.439. The van der Waals surface area contributed by atoms with Gasteiger partial charge in [-0.25, -0.2) is 0 Å². The van der Waals surface area contributed by atoms with Gasteiger partial charge in [-0.2, -0.15) is 0 Å². The molecule has 0 aromatic heterocycles. The maximum absolute atomic E-state index is 11.0. The molecule has 0 heterocycles. The van der Waals surface area contributed by atoms with E-state index in [1.807, 2.05) is 0 Å². The molecule has 1 rings (SSSR count). The van der Waals surface area contributed by atoms with Crippen LogP contribution < -0.4 is 4.74 Å². The van der Waals surface area contributed by atoms with Crippen molar-refractivity contribution >= 4 is 11.7 Å². The van der Waals surface area contributed by atoms with Gasteiger partial charge in [-0.15, -0.1) is 0 Å². The first-order valence-electron chi connectivity index (χ1n) is 4.96. The first-order chi connectivity index (χ1) is 8.08. The van der Waals surface area contributed by atoms with Crippen LogP contribution in [0.1, 0.15) is 12.0 Å². The lowest BCUT2D eigenvalue weighted by Crippen LogP contribution is -2.04. The van der Waals surface area contributed by atoms with Gasteiger partial charge >= 0.3 is 5.97 Å². The van der Waals surface area contributed by atoms with Crippen LogP contribution in [0.25, 0.3) is 0 Å². The maximum Gasteiger partial charge on any atom is 0.305 e. The molecule has 1 aromatic carbocycles. The van der Waals surface area contributed by atoms with Crippen molar-refractivity contribution in [2.24, 2.45) is 0 Å². The Kier molecular flexibility index (Phi) is 4.45. The van der Waals surface area contributed by atoms with Crippen molar-refractivity contribution in [2.75, 3.05) is 14.2 Å².